The Morgan fingerprint density at radius 2 is 1.85 bits per heavy atom. The van der Waals surface area contributed by atoms with Crippen LogP contribution < -0.4 is 4.90 Å². The zero-order valence-electron chi connectivity index (χ0n) is 14.5. The van der Waals surface area contributed by atoms with Crippen molar-refractivity contribution in [2.45, 2.75) is 12.1 Å². The molecule has 5 nitrogen and oxygen atoms in total. The molecule has 0 aliphatic rings. The first-order valence-electron chi connectivity index (χ1n) is 8.37. The van der Waals surface area contributed by atoms with Gasteiger partial charge in [-0.1, -0.05) is 47.4 Å². The first kappa shape index (κ1) is 17.1. The number of hydrogen-bond acceptors (Lipinski definition) is 5. The van der Waals surface area contributed by atoms with Crippen LogP contribution in [0.2, 0.25) is 0 Å². The molecule has 0 spiro atoms. The predicted octanol–water partition coefficient (Wildman–Crippen LogP) is 4.33. The van der Waals surface area contributed by atoms with Crippen molar-refractivity contribution in [3.05, 3.63) is 48.5 Å². The summed E-state index contributed by atoms with van der Waals surface area (Å²) in [7, 11) is 1.98. The third-order valence-corrected chi connectivity index (χ3v) is 6.28. The van der Waals surface area contributed by atoms with Crippen molar-refractivity contribution < 1.29 is 4.79 Å². The van der Waals surface area contributed by atoms with Crippen LogP contribution in [0.25, 0.3) is 21.3 Å². The first-order valence-corrected chi connectivity index (χ1v) is 10.2. The number of imidazole rings is 1. The second kappa shape index (κ2) is 7.09. The highest BCUT2D eigenvalue weighted by Gasteiger charge is 2.19. The number of carbonyl (C=O) groups is 1. The zero-order chi connectivity index (χ0) is 18.1. The van der Waals surface area contributed by atoms with E-state index in [1.54, 1.807) is 16.2 Å². The van der Waals surface area contributed by atoms with E-state index in [0.717, 1.165) is 31.5 Å². The molecule has 0 unspecified atom stereocenters. The number of rotatable bonds is 5. The molecule has 0 N–H and O–H groups in total. The maximum Gasteiger partial charge on any atom is 0.239 e. The van der Waals surface area contributed by atoms with Gasteiger partial charge in [0.15, 0.2) is 10.3 Å². The smallest absolute Gasteiger partial charge is 0.239 e. The lowest BCUT2D eigenvalue weighted by Gasteiger charge is -2.17. The summed E-state index contributed by atoms with van der Waals surface area (Å²) < 4.78 is 3.12. The molecule has 2 heterocycles. The van der Waals surface area contributed by atoms with Crippen LogP contribution in [0.15, 0.2) is 53.7 Å². The fourth-order valence-corrected chi connectivity index (χ4v) is 4.76. The normalized spacial score (nSPS) is 11.3. The van der Waals surface area contributed by atoms with E-state index in [4.69, 9.17) is 0 Å². The van der Waals surface area contributed by atoms with Crippen LogP contribution in [0.4, 0.5) is 5.13 Å². The molecule has 0 saturated heterocycles. The molecule has 0 aliphatic heterocycles. The van der Waals surface area contributed by atoms with E-state index in [1.807, 2.05) is 67.1 Å². The molecule has 4 aromatic rings. The largest absolute Gasteiger partial charge is 0.322 e. The molecule has 2 aromatic carbocycles. The Kier molecular flexibility index (Phi) is 4.65. The third kappa shape index (κ3) is 3.08. The quantitative estimate of drug-likeness (QED) is 0.482. The molecule has 26 heavy (non-hydrogen) atoms. The first-order chi connectivity index (χ1) is 12.7. The number of anilines is 1. The van der Waals surface area contributed by atoms with Crippen molar-refractivity contribution in [2.75, 3.05) is 17.2 Å². The summed E-state index contributed by atoms with van der Waals surface area (Å²) in [5.74, 6) is 0.379. The van der Waals surface area contributed by atoms with E-state index >= 15 is 0 Å². The number of aryl methyl sites for hydroxylation is 1. The van der Waals surface area contributed by atoms with E-state index in [9.17, 15) is 4.79 Å². The number of nitrogens with zero attached hydrogens (tertiary/aromatic N) is 4. The lowest BCUT2D eigenvalue weighted by molar-refractivity contribution is -0.116. The minimum atomic E-state index is 0.0450. The van der Waals surface area contributed by atoms with Gasteiger partial charge in [-0.05, 0) is 31.2 Å². The maximum atomic E-state index is 12.8. The molecule has 4 rings (SSSR count). The highest BCUT2D eigenvalue weighted by atomic mass is 32.2. The van der Waals surface area contributed by atoms with Gasteiger partial charge in [0.2, 0.25) is 5.91 Å². The van der Waals surface area contributed by atoms with E-state index in [0.29, 0.717) is 12.3 Å². The second-order valence-electron chi connectivity index (χ2n) is 5.83. The van der Waals surface area contributed by atoms with Crippen molar-refractivity contribution in [3.8, 4) is 0 Å². The van der Waals surface area contributed by atoms with Crippen LogP contribution in [-0.2, 0) is 11.8 Å². The minimum Gasteiger partial charge on any atom is -0.322 e. The molecule has 0 aliphatic carbocycles. The average Bonchev–Trinajstić information content (AvgIpc) is 3.22. The molecule has 0 fully saturated rings. The fourth-order valence-electron chi connectivity index (χ4n) is 2.85. The number of hydrogen-bond donors (Lipinski definition) is 0. The Morgan fingerprint density at radius 1 is 1.12 bits per heavy atom. The number of aromatic nitrogens is 3. The summed E-state index contributed by atoms with van der Waals surface area (Å²) in [5, 5.41) is 1.60. The molecule has 0 bridgehead atoms. The lowest BCUT2D eigenvalue weighted by Crippen LogP contribution is -2.32. The van der Waals surface area contributed by atoms with Gasteiger partial charge in [-0.3, -0.25) is 9.69 Å². The molecule has 0 atom stereocenters. The van der Waals surface area contributed by atoms with Gasteiger partial charge < -0.3 is 4.57 Å². The highest BCUT2D eigenvalue weighted by Crippen LogP contribution is 2.29. The standard InChI is InChI=1S/C19H18N4OS2/c1-3-23(19-21-14-9-5-7-11-16(14)26-19)17(24)12-25-18-20-13-8-4-6-10-15(13)22(18)2/h4-11H,3,12H2,1-2H3. The summed E-state index contributed by atoms with van der Waals surface area (Å²) in [6.45, 7) is 2.57. The van der Waals surface area contributed by atoms with E-state index < -0.39 is 0 Å². The zero-order valence-corrected chi connectivity index (χ0v) is 16.2. The molecule has 132 valence electrons. The van der Waals surface area contributed by atoms with Crippen molar-refractivity contribution >= 4 is 55.4 Å². The van der Waals surface area contributed by atoms with Crippen molar-refractivity contribution in [3.63, 3.8) is 0 Å². The number of thioether (sulfide) groups is 1. The van der Waals surface area contributed by atoms with Crippen LogP contribution in [0.3, 0.4) is 0 Å². The highest BCUT2D eigenvalue weighted by molar-refractivity contribution is 7.99. The molecule has 0 saturated carbocycles. The molecule has 0 radical (unpaired) electrons. The van der Waals surface area contributed by atoms with Crippen molar-refractivity contribution in [1.29, 1.82) is 0 Å². The number of benzene rings is 2. The lowest BCUT2D eigenvalue weighted by atomic mass is 10.3. The number of carbonyl (C=O) groups excluding carboxylic acids is 1. The third-order valence-electron chi connectivity index (χ3n) is 4.20. The Labute approximate surface area is 159 Å². The topological polar surface area (TPSA) is 51.0 Å². The predicted molar refractivity (Wildman–Crippen MR) is 109 cm³/mol. The van der Waals surface area contributed by atoms with Gasteiger partial charge in [0, 0.05) is 13.6 Å². The second-order valence-corrected chi connectivity index (χ2v) is 7.78. The van der Waals surface area contributed by atoms with Crippen LogP contribution in [0.5, 0.6) is 0 Å². The van der Waals surface area contributed by atoms with E-state index in [1.165, 1.54) is 11.8 Å². The Morgan fingerprint density at radius 3 is 2.58 bits per heavy atom. The Bertz CT molecular complexity index is 1050. The Hall–Kier alpha value is -2.38. The summed E-state index contributed by atoms with van der Waals surface area (Å²) in [5.41, 5.74) is 2.95. The summed E-state index contributed by atoms with van der Waals surface area (Å²) in [6, 6.07) is 15.9. The Balaban J connectivity index is 1.53. The van der Waals surface area contributed by atoms with Crippen LogP contribution >= 0.6 is 23.1 Å². The van der Waals surface area contributed by atoms with Crippen molar-refractivity contribution in [2.24, 2.45) is 7.05 Å². The van der Waals surface area contributed by atoms with Crippen LogP contribution in [-0.4, -0.2) is 32.7 Å². The maximum absolute atomic E-state index is 12.8. The SMILES string of the molecule is CCN(C(=O)CSc1nc2ccccc2n1C)c1nc2ccccc2s1. The number of fused-ring (bicyclic) bond motifs is 2. The van der Waals surface area contributed by atoms with Gasteiger partial charge in [0.25, 0.3) is 0 Å². The number of thiazole rings is 1. The summed E-state index contributed by atoms with van der Waals surface area (Å²) in [4.78, 5) is 23.8. The van der Waals surface area contributed by atoms with Gasteiger partial charge in [0.05, 0.1) is 27.0 Å². The monoisotopic (exact) mass is 382 g/mol. The fraction of sp³-hybridized carbons (Fsp3) is 0.211. The van der Waals surface area contributed by atoms with Crippen LogP contribution in [0, 0.1) is 0 Å². The molecule has 1 amide bonds. The van der Waals surface area contributed by atoms with Gasteiger partial charge >= 0.3 is 0 Å². The van der Waals surface area contributed by atoms with Gasteiger partial charge in [-0.2, -0.15) is 0 Å². The number of amides is 1. The summed E-state index contributed by atoms with van der Waals surface area (Å²) in [6.07, 6.45) is 0. The summed E-state index contributed by atoms with van der Waals surface area (Å²) >= 11 is 3.01. The molecule has 7 heteroatoms. The van der Waals surface area contributed by atoms with Gasteiger partial charge in [-0.15, -0.1) is 0 Å². The minimum absolute atomic E-state index is 0.0450. The molecular formula is C19H18N4OS2. The van der Waals surface area contributed by atoms with Crippen molar-refractivity contribution in [1.82, 2.24) is 14.5 Å². The number of para-hydroxylation sites is 3. The van der Waals surface area contributed by atoms with E-state index in [2.05, 4.69) is 9.97 Å². The van der Waals surface area contributed by atoms with Gasteiger partial charge in [0.1, 0.15) is 0 Å². The van der Waals surface area contributed by atoms with Gasteiger partial charge in [-0.25, -0.2) is 9.97 Å². The van der Waals surface area contributed by atoms with E-state index in [-0.39, 0.29) is 5.91 Å². The molecular weight excluding hydrogens is 364 g/mol. The van der Waals surface area contributed by atoms with Crippen LogP contribution in [0.1, 0.15) is 6.92 Å². The average molecular weight is 383 g/mol. The molecule has 2 aromatic heterocycles.